The number of carbonyl (C=O) groups excluding carboxylic acids is 1. The largest absolute Gasteiger partial charge is 0.381 e. The lowest BCUT2D eigenvalue weighted by Crippen LogP contribution is -2.51. The number of unbranched alkanes of at least 4 members (excludes halogenated alkanes) is 1. The van der Waals surface area contributed by atoms with Crippen molar-refractivity contribution in [3.8, 4) is 0 Å². The summed E-state index contributed by atoms with van der Waals surface area (Å²) in [6, 6.07) is 8.16. The number of amides is 1. The van der Waals surface area contributed by atoms with Crippen molar-refractivity contribution in [1.82, 2.24) is 4.90 Å². The van der Waals surface area contributed by atoms with Crippen LogP contribution in [0.2, 0.25) is 0 Å². The van der Waals surface area contributed by atoms with E-state index >= 15 is 0 Å². The van der Waals surface area contributed by atoms with Crippen molar-refractivity contribution < 1.29 is 4.79 Å². The number of carbonyl (C=O) groups is 1. The highest BCUT2D eigenvalue weighted by Crippen LogP contribution is 2.26. The Bertz CT molecular complexity index is 475. The van der Waals surface area contributed by atoms with Gasteiger partial charge in [-0.1, -0.05) is 32.4 Å². The van der Waals surface area contributed by atoms with Crippen LogP contribution in [0.3, 0.4) is 0 Å². The summed E-state index contributed by atoms with van der Waals surface area (Å²) in [6.07, 6.45) is 3.17. The summed E-state index contributed by atoms with van der Waals surface area (Å²) >= 11 is 0. The van der Waals surface area contributed by atoms with E-state index in [1.165, 1.54) is 0 Å². The summed E-state index contributed by atoms with van der Waals surface area (Å²) in [5.41, 5.74) is 2.09. The normalized spacial score (nSPS) is 18.1. The predicted molar refractivity (Wildman–Crippen MR) is 88.7 cm³/mol. The minimum Gasteiger partial charge on any atom is -0.381 e. The number of nitrogens with one attached hydrogen (secondary N) is 2. The quantitative estimate of drug-likeness (QED) is 0.844. The topological polar surface area (TPSA) is 44.4 Å². The van der Waals surface area contributed by atoms with Gasteiger partial charge in [0.1, 0.15) is 6.04 Å². The van der Waals surface area contributed by atoms with Gasteiger partial charge in [0.2, 0.25) is 5.91 Å². The summed E-state index contributed by atoms with van der Waals surface area (Å²) in [5, 5.41) is 6.73. The Morgan fingerprint density at radius 3 is 2.71 bits per heavy atom. The van der Waals surface area contributed by atoms with Crippen molar-refractivity contribution in [3.05, 3.63) is 24.3 Å². The average Bonchev–Trinajstić information content (AvgIpc) is 2.54. The Hall–Kier alpha value is -1.71. The second-order valence-electron chi connectivity index (χ2n) is 5.77. The first-order valence-corrected chi connectivity index (χ1v) is 8.07. The van der Waals surface area contributed by atoms with E-state index in [4.69, 9.17) is 0 Å². The van der Waals surface area contributed by atoms with Crippen LogP contribution in [-0.4, -0.2) is 36.0 Å². The maximum absolute atomic E-state index is 12.8. The van der Waals surface area contributed by atoms with Crippen molar-refractivity contribution in [3.63, 3.8) is 0 Å². The molecule has 1 aromatic rings. The molecule has 1 aliphatic heterocycles. The molecule has 2 atom stereocenters. The molecule has 1 aromatic carbocycles. The summed E-state index contributed by atoms with van der Waals surface area (Å²) in [6.45, 7) is 7.94. The van der Waals surface area contributed by atoms with E-state index in [1.807, 2.05) is 29.2 Å². The van der Waals surface area contributed by atoms with Crippen LogP contribution < -0.4 is 10.6 Å². The van der Waals surface area contributed by atoms with Gasteiger partial charge in [-0.05, 0) is 31.9 Å². The number of benzene rings is 1. The number of nitrogens with zero attached hydrogens (tertiary/aromatic N) is 1. The molecule has 21 heavy (non-hydrogen) atoms. The minimum atomic E-state index is -0.175. The third-order valence-electron chi connectivity index (χ3n) is 4.21. The number of anilines is 2. The molecular weight excluding hydrogens is 262 g/mol. The van der Waals surface area contributed by atoms with Gasteiger partial charge < -0.3 is 15.5 Å². The van der Waals surface area contributed by atoms with Crippen LogP contribution in [0.25, 0.3) is 0 Å². The number of rotatable bonds is 6. The van der Waals surface area contributed by atoms with Gasteiger partial charge in [0.15, 0.2) is 0 Å². The summed E-state index contributed by atoms with van der Waals surface area (Å²) in [7, 11) is 0. The Balaban J connectivity index is 2.07. The minimum absolute atomic E-state index is 0.175. The van der Waals surface area contributed by atoms with Crippen LogP contribution in [0.15, 0.2) is 24.3 Å². The molecule has 2 rings (SSSR count). The molecule has 0 aliphatic carbocycles. The molecule has 2 N–H and O–H groups in total. The molecule has 0 aromatic heterocycles. The van der Waals surface area contributed by atoms with E-state index in [-0.39, 0.29) is 11.9 Å². The highest BCUT2D eigenvalue weighted by atomic mass is 16.2. The first kappa shape index (κ1) is 15.7. The fourth-order valence-electron chi connectivity index (χ4n) is 2.66. The number of hydrogen-bond donors (Lipinski definition) is 2. The Kier molecular flexibility index (Phi) is 5.48. The van der Waals surface area contributed by atoms with Gasteiger partial charge in [-0.3, -0.25) is 4.79 Å². The third kappa shape index (κ3) is 3.69. The highest BCUT2D eigenvalue weighted by molar-refractivity contribution is 5.88. The Morgan fingerprint density at radius 1 is 1.33 bits per heavy atom. The molecule has 0 saturated carbocycles. The molecule has 116 valence electrons. The van der Waals surface area contributed by atoms with E-state index in [0.29, 0.717) is 12.6 Å². The van der Waals surface area contributed by atoms with Crippen molar-refractivity contribution in [1.29, 1.82) is 0 Å². The molecule has 1 heterocycles. The first-order chi connectivity index (χ1) is 10.2. The monoisotopic (exact) mass is 289 g/mol. The molecule has 0 bridgehead atoms. The molecule has 0 spiro atoms. The van der Waals surface area contributed by atoms with Crippen LogP contribution >= 0.6 is 0 Å². The fourth-order valence-corrected chi connectivity index (χ4v) is 2.66. The zero-order chi connectivity index (χ0) is 15.2. The van der Waals surface area contributed by atoms with Gasteiger partial charge in [-0.2, -0.15) is 0 Å². The standard InChI is InChI=1S/C17H27N3O/c1-4-6-11-20(13(3)5-2)17(21)16-12-18-14-9-7-8-10-15(14)19-16/h7-10,13,16,18-19H,4-6,11-12H2,1-3H3. The first-order valence-electron chi connectivity index (χ1n) is 8.07. The van der Waals surface area contributed by atoms with Gasteiger partial charge in [0, 0.05) is 19.1 Å². The van der Waals surface area contributed by atoms with Crippen LogP contribution in [-0.2, 0) is 4.79 Å². The average molecular weight is 289 g/mol. The number of fused-ring (bicyclic) bond motifs is 1. The van der Waals surface area contributed by atoms with Gasteiger partial charge in [0.05, 0.1) is 11.4 Å². The molecule has 1 amide bonds. The molecule has 0 saturated heterocycles. The number of para-hydroxylation sites is 2. The molecule has 4 nitrogen and oxygen atoms in total. The molecule has 4 heteroatoms. The van der Waals surface area contributed by atoms with Crippen molar-refractivity contribution in [2.75, 3.05) is 23.7 Å². The van der Waals surface area contributed by atoms with Gasteiger partial charge >= 0.3 is 0 Å². The van der Waals surface area contributed by atoms with Crippen LogP contribution in [0.4, 0.5) is 11.4 Å². The van der Waals surface area contributed by atoms with E-state index in [0.717, 1.165) is 37.2 Å². The summed E-state index contributed by atoms with van der Waals surface area (Å²) in [5.74, 6) is 0.208. The maximum atomic E-state index is 12.8. The molecule has 2 unspecified atom stereocenters. The van der Waals surface area contributed by atoms with E-state index in [9.17, 15) is 4.79 Å². The molecular formula is C17H27N3O. The lowest BCUT2D eigenvalue weighted by Gasteiger charge is -2.35. The van der Waals surface area contributed by atoms with E-state index in [1.54, 1.807) is 0 Å². The smallest absolute Gasteiger partial charge is 0.247 e. The lowest BCUT2D eigenvalue weighted by molar-refractivity contribution is -0.134. The second kappa shape index (κ2) is 7.34. The van der Waals surface area contributed by atoms with Crippen LogP contribution in [0.5, 0.6) is 0 Å². The van der Waals surface area contributed by atoms with Gasteiger partial charge in [0.25, 0.3) is 0 Å². The Labute approximate surface area is 127 Å². The predicted octanol–water partition coefficient (Wildman–Crippen LogP) is 3.32. The van der Waals surface area contributed by atoms with Crippen molar-refractivity contribution >= 4 is 17.3 Å². The van der Waals surface area contributed by atoms with Gasteiger partial charge in [-0.25, -0.2) is 0 Å². The van der Waals surface area contributed by atoms with Crippen LogP contribution in [0, 0.1) is 0 Å². The highest BCUT2D eigenvalue weighted by Gasteiger charge is 2.29. The van der Waals surface area contributed by atoms with Crippen molar-refractivity contribution in [2.45, 2.75) is 52.1 Å². The third-order valence-corrected chi connectivity index (χ3v) is 4.21. The summed E-state index contributed by atoms with van der Waals surface area (Å²) < 4.78 is 0. The molecule has 0 fully saturated rings. The second-order valence-corrected chi connectivity index (χ2v) is 5.77. The summed E-state index contributed by atoms with van der Waals surface area (Å²) in [4.78, 5) is 14.9. The van der Waals surface area contributed by atoms with Crippen LogP contribution in [0.1, 0.15) is 40.0 Å². The molecule has 0 radical (unpaired) electrons. The van der Waals surface area contributed by atoms with E-state index < -0.39 is 0 Å². The fraction of sp³-hybridized carbons (Fsp3) is 0.588. The van der Waals surface area contributed by atoms with Gasteiger partial charge in [-0.15, -0.1) is 0 Å². The zero-order valence-corrected chi connectivity index (χ0v) is 13.4. The zero-order valence-electron chi connectivity index (χ0n) is 13.4. The molecule has 1 aliphatic rings. The lowest BCUT2D eigenvalue weighted by atomic mass is 10.1. The van der Waals surface area contributed by atoms with Crippen molar-refractivity contribution in [2.24, 2.45) is 0 Å². The maximum Gasteiger partial charge on any atom is 0.247 e. The SMILES string of the molecule is CCCCN(C(=O)C1CNc2ccccc2N1)C(C)CC. The van der Waals surface area contributed by atoms with E-state index in [2.05, 4.69) is 31.4 Å². The Morgan fingerprint density at radius 2 is 2.05 bits per heavy atom. The number of hydrogen-bond acceptors (Lipinski definition) is 3.